The molecule has 0 N–H and O–H groups in total. The van der Waals surface area contributed by atoms with Crippen molar-refractivity contribution in [2.75, 3.05) is 6.61 Å². The number of ether oxygens (including phenoxy) is 1. The molecule has 1 nitrogen and oxygen atoms in total. The van der Waals surface area contributed by atoms with Crippen molar-refractivity contribution >= 4 is 0 Å². The van der Waals surface area contributed by atoms with Gasteiger partial charge in [0.05, 0.1) is 12.2 Å². The predicted molar refractivity (Wildman–Crippen MR) is 80.1 cm³/mol. The van der Waals surface area contributed by atoms with Crippen molar-refractivity contribution in [2.24, 2.45) is 11.8 Å². The number of hydrogen-bond acceptors (Lipinski definition) is 1. The molecule has 1 saturated carbocycles. The van der Waals surface area contributed by atoms with E-state index in [0.29, 0.717) is 12.5 Å². The van der Waals surface area contributed by atoms with Gasteiger partial charge in [0, 0.05) is 5.92 Å². The lowest BCUT2D eigenvalue weighted by Crippen LogP contribution is -2.10. The summed E-state index contributed by atoms with van der Waals surface area (Å²) in [7, 11) is 0. The van der Waals surface area contributed by atoms with Crippen LogP contribution in [-0.4, -0.2) is 6.61 Å². The molecule has 0 heterocycles. The number of rotatable bonds is 3. The van der Waals surface area contributed by atoms with Gasteiger partial charge >= 0.3 is 0 Å². The first-order valence-electron chi connectivity index (χ1n) is 7.74. The maximum absolute atomic E-state index is 13.9. The fourth-order valence-corrected chi connectivity index (χ4v) is 2.54. The van der Waals surface area contributed by atoms with Gasteiger partial charge in [-0.25, -0.2) is 4.39 Å². The summed E-state index contributed by atoms with van der Waals surface area (Å²) in [4.78, 5) is 0. The first-order chi connectivity index (χ1) is 10.1. The van der Waals surface area contributed by atoms with Crippen LogP contribution >= 0.6 is 0 Å². The third kappa shape index (κ3) is 4.20. The van der Waals surface area contributed by atoms with Crippen molar-refractivity contribution in [1.82, 2.24) is 0 Å². The molecule has 0 saturated heterocycles. The first-order valence-corrected chi connectivity index (χ1v) is 7.74. The van der Waals surface area contributed by atoms with Crippen molar-refractivity contribution in [1.29, 1.82) is 0 Å². The Kier molecular flexibility index (Phi) is 5.61. The van der Waals surface area contributed by atoms with E-state index in [4.69, 9.17) is 4.74 Å². The maximum atomic E-state index is 13.9. The van der Waals surface area contributed by atoms with Crippen LogP contribution in [0.3, 0.4) is 0 Å². The lowest BCUT2D eigenvalue weighted by Gasteiger charge is -2.21. The highest BCUT2D eigenvalue weighted by Gasteiger charge is 2.17. The number of benzene rings is 1. The average molecular weight is 292 g/mol. The molecule has 114 valence electrons. The van der Waals surface area contributed by atoms with Gasteiger partial charge in [0.1, 0.15) is 0 Å². The normalized spacial score (nSPS) is 21.5. The molecule has 3 heteroatoms. The Labute approximate surface area is 125 Å². The third-order valence-corrected chi connectivity index (χ3v) is 3.94. The smallest absolute Gasteiger partial charge is 0.201 e. The fourth-order valence-electron chi connectivity index (χ4n) is 2.54. The van der Waals surface area contributed by atoms with Gasteiger partial charge in [0.15, 0.2) is 11.6 Å². The minimum Gasteiger partial charge on any atom is -0.490 e. The molecule has 21 heavy (non-hydrogen) atoms. The molecule has 1 aliphatic carbocycles. The van der Waals surface area contributed by atoms with E-state index in [-0.39, 0.29) is 11.3 Å². The van der Waals surface area contributed by atoms with E-state index in [0.717, 1.165) is 25.2 Å². The lowest BCUT2D eigenvalue weighted by atomic mass is 9.83. The molecule has 0 bridgehead atoms. The summed E-state index contributed by atoms with van der Waals surface area (Å²) in [5.74, 6) is 5.08. The van der Waals surface area contributed by atoms with E-state index in [1.165, 1.54) is 25.0 Å². The van der Waals surface area contributed by atoms with Crippen LogP contribution in [0.15, 0.2) is 12.1 Å². The van der Waals surface area contributed by atoms with E-state index < -0.39 is 11.6 Å². The Morgan fingerprint density at radius 3 is 2.52 bits per heavy atom. The monoisotopic (exact) mass is 292 g/mol. The Morgan fingerprint density at radius 1 is 1.14 bits per heavy atom. The average Bonchev–Trinajstić information content (AvgIpc) is 2.49. The SMILES string of the molecule is CCCOc1ccc(C#C[C@H]2CC[C@H](C)CC2)c(F)c1F. The van der Waals surface area contributed by atoms with Crippen molar-refractivity contribution in [2.45, 2.75) is 46.0 Å². The predicted octanol–water partition coefficient (Wildman–Crippen LogP) is 4.93. The molecule has 1 aliphatic rings. The second kappa shape index (κ2) is 7.45. The molecule has 0 amide bonds. The van der Waals surface area contributed by atoms with Crippen LogP contribution in [0.4, 0.5) is 8.78 Å². The summed E-state index contributed by atoms with van der Waals surface area (Å²) < 4.78 is 32.9. The van der Waals surface area contributed by atoms with Crippen LogP contribution in [0.2, 0.25) is 0 Å². The van der Waals surface area contributed by atoms with E-state index in [1.54, 1.807) is 0 Å². The topological polar surface area (TPSA) is 9.23 Å². The summed E-state index contributed by atoms with van der Waals surface area (Å²) in [5.41, 5.74) is 0.120. The molecule has 0 unspecified atom stereocenters. The zero-order valence-corrected chi connectivity index (χ0v) is 12.7. The van der Waals surface area contributed by atoms with Gasteiger partial charge in [-0.15, -0.1) is 0 Å². The molecule has 0 aromatic heterocycles. The van der Waals surface area contributed by atoms with Gasteiger partial charge in [-0.1, -0.05) is 25.7 Å². The van der Waals surface area contributed by atoms with Crippen LogP contribution in [0.25, 0.3) is 0 Å². The van der Waals surface area contributed by atoms with Gasteiger partial charge in [-0.2, -0.15) is 4.39 Å². The molecular formula is C18H22F2O. The zero-order valence-electron chi connectivity index (χ0n) is 12.7. The molecule has 2 rings (SSSR count). The summed E-state index contributed by atoms with van der Waals surface area (Å²) >= 11 is 0. The first kappa shape index (κ1) is 15.8. The Balaban J connectivity index is 2.09. The van der Waals surface area contributed by atoms with E-state index in [2.05, 4.69) is 18.8 Å². The highest BCUT2D eigenvalue weighted by Crippen LogP contribution is 2.28. The molecule has 1 aromatic rings. The molecular weight excluding hydrogens is 270 g/mol. The van der Waals surface area contributed by atoms with Crippen molar-refractivity contribution in [3.63, 3.8) is 0 Å². The molecule has 0 atom stereocenters. The second-order valence-corrected chi connectivity index (χ2v) is 5.81. The highest BCUT2D eigenvalue weighted by molar-refractivity contribution is 5.41. The van der Waals surface area contributed by atoms with Crippen LogP contribution in [-0.2, 0) is 0 Å². The maximum Gasteiger partial charge on any atom is 0.201 e. The molecule has 0 aliphatic heterocycles. The van der Waals surface area contributed by atoms with E-state index in [1.807, 2.05) is 6.92 Å². The summed E-state index contributed by atoms with van der Waals surface area (Å²) in [6.07, 6.45) is 5.19. The van der Waals surface area contributed by atoms with Crippen molar-refractivity contribution < 1.29 is 13.5 Å². The molecule has 1 aromatic carbocycles. The molecule has 0 radical (unpaired) electrons. The second-order valence-electron chi connectivity index (χ2n) is 5.81. The summed E-state index contributed by atoms with van der Waals surface area (Å²) in [6, 6.07) is 2.96. The Bertz CT molecular complexity index is 534. The third-order valence-electron chi connectivity index (χ3n) is 3.94. The molecule has 0 spiro atoms. The van der Waals surface area contributed by atoms with Crippen molar-refractivity contribution in [3.8, 4) is 17.6 Å². The van der Waals surface area contributed by atoms with Gasteiger partial charge in [-0.3, -0.25) is 0 Å². The minimum absolute atomic E-state index is 0.0357. The highest BCUT2D eigenvalue weighted by atomic mass is 19.2. The largest absolute Gasteiger partial charge is 0.490 e. The minimum atomic E-state index is -0.937. The number of halogens is 2. The summed E-state index contributed by atoms with van der Waals surface area (Å²) in [5, 5.41) is 0. The van der Waals surface area contributed by atoms with Crippen LogP contribution in [0.5, 0.6) is 5.75 Å². The van der Waals surface area contributed by atoms with Gasteiger partial charge in [0.25, 0.3) is 0 Å². The fraction of sp³-hybridized carbons (Fsp3) is 0.556. The van der Waals surface area contributed by atoms with Crippen LogP contribution in [0.1, 0.15) is 51.5 Å². The molecule has 1 fully saturated rings. The van der Waals surface area contributed by atoms with Crippen LogP contribution < -0.4 is 4.74 Å². The summed E-state index contributed by atoms with van der Waals surface area (Å²) in [6.45, 7) is 4.54. The van der Waals surface area contributed by atoms with Crippen molar-refractivity contribution in [3.05, 3.63) is 29.3 Å². The van der Waals surface area contributed by atoms with E-state index in [9.17, 15) is 8.78 Å². The van der Waals surface area contributed by atoms with Gasteiger partial charge in [-0.05, 0) is 50.2 Å². The van der Waals surface area contributed by atoms with Crippen LogP contribution in [0, 0.1) is 35.3 Å². The van der Waals surface area contributed by atoms with Gasteiger partial charge < -0.3 is 4.74 Å². The van der Waals surface area contributed by atoms with E-state index >= 15 is 0 Å². The number of hydrogen-bond donors (Lipinski definition) is 0. The standard InChI is InChI=1S/C18H22F2O/c1-3-12-21-16-11-10-15(17(19)18(16)20)9-8-14-6-4-13(2)5-7-14/h10-11,13-14H,3-7,12H2,1-2H3/t13-,14-. The Morgan fingerprint density at radius 2 is 1.86 bits per heavy atom. The quantitative estimate of drug-likeness (QED) is 0.718. The van der Waals surface area contributed by atoms with Gasteiger partial charge in [0.2, 0.25) is 5.82 Å². The Hall–Kier alpha value is -1.56. The zero-order chi connectivity index (χ0) is 15.2. The lowest BCUT2D eigenvalue weighted by molar-refractivity contribution is 0.295.